The van der Waals surface area contributed by atoms with Gasteiger partial charge in [-0.25, -0.2) is 13.9 Å². The molecule has 0 atom stereocenters. The number of aromatic nitrogens is 3. The van der Waals surface area contributed by atoms with Crippen molar-refractivity contribution in [2.24, 2.45) is 0 Å². The molecule has 2 aromatic heterocycles. The van der Waals surface area contributed by atoms with Gasteiger partial charge in [0, 0.05) is 24.8 Å². The number of imidazole rings is 1. The molecule has 1 saturated heterocycles. The Labute approximate surface area is 133 Å². The number of nitrogens with zero attached hydrogens (tertiary/aromatic N) is 3. The highest BCUT2D eigenvalue weighted by molar-refractivity contribution is 5.63. The molecule has 0 amide bonds. The highest BCUT2D eigenvalue weighted by Gasteiger charge is 2.15. The van der Waals surface area contributed by atoms with E-state index in [1.54, 1.807) is 22.8 Å². The summed E-state index contributed by atoms with van der Waals surface area (Å²) in [6.07, 6.45) is 3.72. The third-order valence-electron chi connectivity index (χ3n) is 4.08. The van der Waals surface area contributed by atoms with E-state index in [0.29, 0.717) is 6.04 Å². The molecule has 1 N–H and O–H groups in total. The van der Waals surface area contributed by atoms with Crippen LogP contribution in [0.15, 0.2) is 42.6 Å². The lowest BCUT2D eigenvalue weighted by Crippen LogP contribution is -2.28. The van der Waals surface area contributed by atoms with E-state index in [2.05, 4.69) is 15.4 Å². The molecule has 0 spiro atoms. The fourth-order valence-electron chi connectivity index (χ4n) is 2.82. The van der Waals surface area contributed by atoms with Gasteiger partial charge in [-0.3, -0.25) is 0 Å². The van der Waals surface area contributed by atoms with E-state index in [-0.39, 0.29) is 5.82 Å². The monoisotopic (exact) mass is 312 g/mol. The molecule has 1 aliphatic rings. The molecule has 1 aromatic carbocycles. The van der Waals surface area contributed by atoms with Gasteiger partial charge in [0.05, 0.1) is 11.9 Å². The molecule has 23 heavy (non-hydrogen) atoms. The van der Waals surface area contributed by atoms with Crippen molar-refractivity contribution in [1.29, 1.82) is 0 Å². The van der Waals surface area contributed by atoms with Gasteiger partial charge in [0.1, 0.15) is 11.6 Å². The summed E-state index contributed by atoms with van der Waals surface area (Å²) in [6.45, 7) is 1.57. The van der Waals surface area contributed by atoms with Gasteiger partial charge in [-0.05, 0) is 49.2 Å². The molecule has 5 nitrogen and oxygen atoms in total. The molecule has 0 aliphatic carbocycles. The molecule has 0 radical (unpaired) electrons. The summed E-state index contributed by atoms with van der Waals surface area (Å²) in [7, 11) is 0. The molecule has 3 aromatic rings. The highest BCUT2D eigenvalue weighted by Crippen LogP contribution is 2.22. The van der Waals surface area contributed by atoms with E-state index in [9.17, 15) is 4.39 Å². The van der Waals surface area contributed by atoms with E-state index in [0.717, 1.165) is 48.8 Å². The molecule has 1 fully saturated rings. The van der Waals surface area contributed by atoms with Crippen molar-refractivity contribution in [3.63, 3.8) is 0 Å². The lowest BCUT2D eigenvalue weighted by Gasteiger charge is -2.23. The van der Waals surface area contributed by atoms with Crippen molar-refractivity contribution in [2.75, 3.05) is 18.5 Å². The Hall–Kier alpha value is -2.47. The van der Waals surface area contributed by atoms with Gasteiger partial charge in [-0.1, -0.05) is 0 Å². The summed E-state index contributed by atoms with van der Waals surface area (Å²) >= 11 is 0. The maximum atomic E-state index is 13.1. The maximum absolute atomic E-state index is 13.1. The lowest BCUT2D eigenvalue weighted by molar-refractivity contribution is 0.0903. The number of halogens is 1. The van der Waals surface area contributed by atoms with Crippen molar-refractivity contribution in [3.8, 4) is 11.3 Å². The maximum Gasteiger partial charge on any atom is 0.154 e. The summed E-state index contributed by atoms with van der Waals surface area (Å²) in [4.78, 5) is 4.36. The van der Waals surface area contributed by atoms with Crippen molar-refractivity contribution >= 4 is 11.5 Å². The van der Waals surface area contributed by atoms with Crippen LogP contribution in [0.5, 0.6) is 0 Å². The second-order valence-electron chi connectivity index (χ2n) is 5.67. The first-order valence-electron chi connectivity index (χ1n) is 7.74. The lowest BCUT2D eigenvalue weighted by atomic mass is 10.1. The number of hydrogen-bond donors (Lipinski definition) is 1. The first kappa shape index (κ1) is 14.1. The number of hydrogen-bond acceptors (Lipinski definition) is 4. The average Bonchev–Trinajstić information content (AvgIpc) is 3.00. The second-order valence-corrected chi connectivity index (χ2v) is 5.67. The Bertz CT molecular complexity index is 809. The predicted molar refractivity (Wildman–Crippen MR) is 85.8 cm³/mol. The third kappa shape index (κ3) is 2.90. The minimum Gasteiger partial charge on any atom is -0.381 e. The summed E-state index contributed by atoms with van der Waals surface area (Å²) < 4.78 is 20.3. The fourth-order valence-corrected chi connectivity index (χ4v) is 2.82. The SMILES string of the molecule is Fc1ccc(-c2cnc3ccc(NC4CCOCC4)nn23)cc1. The number of benzene rings is 1. The van der Waals surface area contributed by atoms with Gasteiger partial charge in [0.2, 0.25) is 0 Å². The summed E-state index contributed by atoms with van der Waals surface area (Å²) in [5, 5.41) is 8.09. The van der Waals surface area contributed by atoms with E-state index < -0.39 is 0 Å². The van der Waals surface area contributed by atoms with Crippen LogP contribution >= 0.6 is 0 Å². The number of nitrogens with one attached hydrogen (secondary N) is 1. The molecule has 0 saturated carbocycles. The van der Waals surface area contributed by atoms with Crippen LogP contribution in [-0.2, 0) is 4.74 Å². The zero-order valence-corrected chi connectivity index (χ0v) is 12.6. The molecular formula is C17H17FN4O. The molecular weight excluding hydrogens is 295 g/mol. The molecule has 118 valence electrons. The molecule has 0 bridgehead atoms. The first-order chi connectivity index (χ1) is 11.3. The third-order valence-corrected chi connectivity index (χ3v) is 4.08. The first-order valence-corrected chi connectivity index (χ1v) is 7.74. The van der Waals surface area contributed by atoms with Crippen molar-refractivity contribution < 1.29 is 9.13 Å². The van der Waals surface area contributed by atoms with Crippen LogP contribution in [0.3, 0.4) is 0 Å². The van der Waals surface area contributed by atoms with E-state index in [1.165, 1.54) is 12.1 Å². The van der Waals surface area contributed by atoms with E-state index in [4.69, 9.17) is 4.74 Å². The smallest absolute Gasteiger partial charge is 0.154 e. The Balaban J connectivity index is 1.66. The Morgan fingerprint density at radius 3 is 2.65 bits per heavy atom. The van der Waals surface area contributed by atoms with Crippen LogP contribution in [0.25, 0.3) is 16.9 Å². The quantitative estimate of drug-likeness (QED) is 0.807. The van der Waals surface area contributed by atoms with Gasteiger partial charge in [-0.2, -0.15) is 0 Å². The van der Waals surface area contributed by atoms with Gasteiger partial charge < -0.3 is 10.1 Å². The summed E-state index contributed by atoms with van der Waals surface area (Å²) in [5.74, 6) is 0.558. The van der Waals surface area contributed by atoms with Gasteiger partial charge in [-0.15, -0.1) is 5.10 Å². The zero-order chi connectivity index (χ0) is 15.6. The van der Waals surface area contributed by atoms with Gasteiger partial charge >= 0.3 is 0 Å². The van der Waals surface area contributed by atoms with Crippen molar-refractivity contribution in [1.82, 2.24) is 14.6 Å². The van der Waals surface area contributed by atoms with E-state index in [1.807, 2.05) is 12.1 Å². The largest absolute Gasteiger partial charge is 0.381 e. The van der Waals surface area contributed by atoms with Crippen LogP contribution in [0.2, 0.25) is 0 Å². The normalized spacial score (nSPS) is 15.9. The van der Waals surface area contributed by atoms with Crippen molar-refractivity contribution in [3.05, 3.63) is 48.4 Å². The molecule has 3 heterocycles. The summed E-state index contributed by atoms with van der Waals surface area (Å²) in [6, 6.07) is 10.6. The Morgan fingerprint density at radius 2 is 1.87 bits per heavy atom. The van der Waals surface area contributed by atoms with Crippen molar-refractivity contribution in [2.45, 2.75) is 18.9 Å². The van der Waals surface area contributed by atoms with Gasteiger partial charge in [0.15, 0.2) is 5.65 Å². The minimum absolute atomic E-state index is 0.252. The molecule has 6 heteroatoms. The predicted octanol–water partition coefficient (Wildman–Crippen LogP) is 3.13. The molecule has 0 unspecified atom stereocenters. The standard InChI is InChI=1S/C17H17FN4O/c18-13-3-1-12(2-4-13)15-11-19-17-6-5-16(21-22(15)17)20-14-7-9-23-10-8-14/h1-6,11,14H,7-10H2,(H,20,21). The van der Waals surface area contributed by atoms with E-state index >= 15 is 0 Å². The number of fused-ring (bicyclic) bond motifs is 1. The minimum atomic E-state index is -0.252. The number of ether oxygens (including phenoxy) is 1. The van der Waals surface area contributed by atoms with Crippen LogP contribution < -0.4 is 5.32 Å². The van der Waals surface area contributed by atoms with Crippen LogP contribution in [0.4, 0.5) is 10.2 Å². The Morgan fingerprint density at radius 1 is 1.09 bits per heavy atom. The molecule has 1 aliphatic heterocycles. The molecule has 4 rings (SSSR count). The van der Waals surface area contributed by atoms with Gasteiger partial charge in [0.25, 0.3) is 0 Å². The van der Waals surface area contributed by atoms with Crippen LogP contribution in [-0.4, -0.2) is 33.9 Å². The zero-order valence-electron chi connectivity index (χ0n) is 12.6. The van der Waals surface area contributed by atoms with Crippen LogP contribution in [0, 0.1) is 5.82 Å². The topological polar surface area (TPSA) is 51.5 Å². The fraction of sp³-hybridized carbons (Fsp3) is 0.294. The number of rotatable bonds is 3. The average molecular weight is 312 g/mol. The second kappa shape index (κ2) is 5.96. The Kier molecular flexibility index (Phi) is 3.67. The number of anilines is 1. The van der Waals surface area contributed by atoms with Crippen LogP contribution in [0.1, 0.15) is 12.8 Å². The highest BCUT2D eigenvalue weighted by atomic mass is 19.1. The summed E-state index contributed by atoms with van der Waals surface area (Å²) in [5.41, 5.74) is 2.49.